The topological polar surface area (TPSA) is 55.9 Å². The van der Waals surface area contributed by atoms with Gasteiger partial charge in [0, 0.05) is 31.6 Å². The zero-order chi connectivity index (χ0) is 18.1. The molecule has 2 saturated heterocycles. The van der Waals surface area contributed by atoms with Crippen molar-refractivity contribution in [3.05, 3.63) is 24.3 Å². The standard InChI is InChI=1S/C20H28N4O2/c1-15-12-19(25)21-17-6-2-3-7-18(17)24(15)20(26)14-22-11-8-16(13-22)23-9-4-5-10-23/h2-3,6-7,15-16H,4-5,8-14H2,1H3,(H,21,25). The van der Waals surface area contributed by atoms with Gasteiger partial charge >= 0.3 is 0 Å². The Morgan fingerprint density at radius 1 is 1.19 bits per heavy atom. The minimum absolute atomic E-state index is 0.0319. The molecule has 4 rings (SSSR count). The minimum Gasteiger partial charge on any atom is -0.324 e. The van der Waals surface area contributed by atoms with Gasteiger partial charge in [-0.25, -0.2) is 0 Å². The van der Waals surface area contributed by atoms with Gasteiger partial charge in [-0.1, -0.05) is 12.1 Å². The van der Waals surface area contributed by atoms with E-state index in [1.54, 1.807) is 0 Å². The molecular weight excluding hydrogens is 328 g/mol. The Morgan fingerprint density at radius 2 is 1.96 bits per heavy atom. The maximum absolute atomic E-state index is 13.1. The molecule has 0 radical (unpaired) electrons. The van der Waals surface area contributed by atoms with E-state index in [2.05, 4.69) is 15.1 Å². The lowest BCUT2D eigenvalue weighted by Gasteiger charge is -2.30. The number of hydrogen-bond acceptors (Lipinski definition) is 4. The SMILES string of the molecule is CC1CC(=O)Nc2ccccc2N1C(=O)CN1CCC(N2CCCC2)C1. The van der Waals surface area contributed by atoms with Crippen molar-refractivity contribution < 1.29 is 9.59 Å². The van der Waals surface area contributed by atoms with Gasteiger partial charge in [-0.05, 0) is 51.4 Å². The van der Waals surface area contributed by atoms with Crippen LogP contribution in [0.5, 0.6) is 0 Å². The molecule has 1 aromatic rings. The van der Waals surface area contributed by atoms with E-state index in [0.29, 0.717) is 19.0 Å². The van der Waals surface area contributed by atoms with Crippen molar-refractivity contribution in [2.75, 3.05) is 42.9 Å². The predicted octanol–water partition coefficient (Wildman–Crippen LogP) is 1.92. The Balaban J connectivity index is 1.46. The second-order valence-corrected chi connectivity index (χ2v) is 7.80. The molecule has 0 bridgehead atoms. The molecule has 1 N–H and O–H groups in total. The van der Waals surface area contributed by atoms with Gasteiger partial charge < -0.3 is 10.2 Å². The fourth-order valence-electron chi connectivity index (χ4n) is 4.60. The van der Waals surface area contributed by atoms with Crippen molar-refractivity contribution >= 4 is 23.2 Å². The molecule has 3 aliphatic rings. The van der Waals surface area contributed by atoms with Crippen LogP contribution in [0.1, 0.15) is 32.6 Å². The van der Waals surface area contributed by atoms with Crippen molar-refractivity contribution in [2.45, 2.75) is 44.7 Å². The average molecular weight is 356 g/mol. The number of hydrogen-bond donors (Lipinski definition) is 1. The fraction of sp³-hybridized carbons (Fsp3) is 0.600. The summed E-state index contributed by atoms with van der Waals surface area (Å²) in [4.78, 5) is 31.9. The van der Waals surface area contributed by atoms with Crippen LogP contribution in [0.3, 0.4) is 0 Å². The summed E-state index contributed by atoms with van der Waals surface area (Å²) in [6.07, 6.45) is 4.09. The predicted molar refractivity (Wildman–Crippen MR) is 102 cm³/mol. The van der Waals surface area contributed by atoms with Gasteiger partial charge in [0.25, 0.3) is 0 Å². The summed E-state index contributed by atoms with van der Waals surface area (Å²) in [5, 5.41) is 2.92. The lowest BCUT2D eigenvalue weighted by Crippen LogP contribution is -2.45. The molecule has 6 nitrogen and oxygen atoms in total. The molecule has 2 atom stereocenters. The summed E-state index contributed by atoms with van der Waals surface area (Å²) in [6, 6.07) is 8.06. The van der Waals surface area contributed by atoms with Gasteiger partial charge in [0.05, 0.1) is 17.9 Å². The number of rotatable bonds is 3. The van der Waals surface area contributed by atoms with E-state index in [4.69, 9.17) is 0 Å². The van der Waals surface area contributed by atoms with E-state index in [0.717, 1.165) is 30.9 Å². The summed E-state index contributed by atoms with van der Waals surface area (Å²) < 4.78 is 0. The number of likely N-dealkylation sites (tertiary alicyclic amines) is 2. The number of nitrogens with one attached hydrogen (secondary N) is 1. The van der Waals surface area contributed by atoms with E-state index in [1.807, 2.05) is 36.1 Å². The molecule has 3 heterocycles. The summed E-state index contributed by atoms with van der Waals surface area (Å²) in [5.74, 6) is 0.0547. The van der Waals surface area contributed by atoms with Gasteiger partial charge in [0.1, 0.15) is 0 Å². The summed E-state index contributed by atoms with van der Waals surface area (Å²) >= 11 is 0. The highest BCUT2D eigenvalue weighted by atomic mass is 16.2. The number of amides is 2. The number of nitrogens with zero attached hydrogens (tertiary/aromatic N) is 3. The molecule has 0 saturated carbocycles. The van der Waals surface area contributed by atoms with Crippen LogP contribution in [0.25, 0.3) is 0 Å². The summed E-state index contributed by atoms with van der Waals surface area (Å²) in [7, 11) is 0. The van der Waals surface area contributed by atoms with Crippen molar-refractivity contribution in [1.29, 1.82) is 0 Å². The first-order valence-electron chi connectivity index (χ1n) is 9.79. The van der Waals surface area contributed by atoms with Gasteiger partial charge in [0.2, 0.25) is 11.8 Å². The first-order valence-corrected chi connectivity index (χ1v) is 9.79. The molecule has 140 valence electrons. The number of para-hydroxylation sites is 2. The third-order valence-corrected chi connectivity index (χ3v) is 5.89. The zero-order valence-corrected chi connectivity index (χ0v) is 15.5. The Bertz CT molecular complexity index is 686. The van der Waals surface area contributed by atoms with E-state index >= 15 is 0 Å². The normalized spacial score (nSPS) is 27.3. The Hall–Kier alpha value is -1.92. The largest absolute Gasteiger partial charge is 0.324 e. The lowest BCUT2D eigenvalue weighted by atomic mass is 10.1. The molecular formula is C20H28N4O2. The van der Waals surface area contributed by atoms with Gasteiger partial charge in [-0.2, -0.15) is 0 Å². The number of carbonyl (C=O) groups excluding carboxylic acids is 2. The molecule has 0 aromatic heterocycles. The second kappa shape index (κ2) is 7.37. The van der Waals surface area contributed by atoms with Crippen molar-refractivity contribution in [1.82, 2.24) is 9.80 Å². The maximum atomic E-state index is 13.1. The van der Waals surface area contributed by atoms with E-state index in [1.165, 1.54) is 25.9 Å². The zero-order valence-electron chi connectivity index (χ0n) is 15.5. The van der Waals surface area contributed by atoms with Crippen LogP contribution < -0.4 is 10.2 Å². The Labute approximate surface area is 155 Å². The van der Waals surface area contributed by atoms with Crippen LogP contribution in [0.2, 0.25) is 0 Å². The third-order valence-electron chi connectivity index (χ3n) is 5.89. The molecule has 3 aliphatic heterocycles. The van der Waals surface area contributed by atoms with Gasteiger partial charge in [-0.3, -0.25) is 19.4 Å². The first-order chi connectivity index (χ1) is 12.6. The molecule has 0 aliphatic carbocycles. The van der Waals surface area contributed by atoms with E-state index in [9.17, 15) is 9.59 Å². The smallest absolute Gasteiger partial charge is 0.241 e. The van der Waals surface area contributed by atoms with Crippen molar-refractivity contribution in [3.8, 4) is 0 Å². The molecule has 2 amide bonds. The summed E-state index contributed by atoms with van der Waals surface area (Å²) in [5.41, 5.74) is 1.54. The van der Waals surface area contributed by atoms with Crippen LogP contribution in [0, 0.1) is 0 Å². The number of fused-ring (bicyclic) bond motifs is 1. The van der Waals surface area contributed by atoms with Crippen LogP contribution in [-0.4, -0.2) is 66.4 Å². The highest BCUT2D eigenvalue weighted by molar-refractivity contribution is 6.04. The Kier molecular flexibility index (Phi) is 4.96. The molecule has 0 spiro atoms. The maximum Gasteiger partial charge on any atom is 0.241 e. The summed E-state index contributed by atoms with van der Waals surface area (Å²) in [6.45, 7) is 6.75. The van der Waals surface area contributed by atoms with Gasteiger partial charge in [-0.15, -0.1) is 0 Å². The quantitative estimate of drug-likeness (QED) is 0.899. The number of carbonyl (C=O) groups is 2. The molecule has 2 fully saturated rings. The van der Waals surface area contributed by atoms with E-state index in [-0.39, 0.29) is 17.9 Å². The van der Waals surface area contributed by atoms with Crippen molar-refractivity contribution in [2.24, 2.45) is 0 Å². The molecule has 26 heavy (non-hydrogen) atoms. The third kappa shape index (κ3) is 3.48. The number of anilines is 2. The minimum atomic E-state index is -0.136. The van der Waals surface area contributed by atoms with Crippen LogP contribution in [0.4, 0.5) is 11.4 Å². The van der Waals surface area contributed by atoms with Gasteiger partial charge in [0.15, 0.2) is 0 Å². The number of benzene rings is 1. The monoisotopic (exact) mass is 356 g/mol. The molecule has 2 unspecified atom stereocenters. The lowest BCUT2D eigenvalue weighted by molar-refractivity contribution is -0.120. The fourth-order valence-corrected chi connectivity index (χ4v) is 4.60. The van der Waals surface area contributed by atoms with Crippen LogP contribution in [0.15, 0.2) is 24.3 Å². The Morgan fingerprint density at radius 3 is 2.77 bits per heavy atom. The van der Waals surface area contributed by atoms with Crippen molar-refractivity contribution in [3.63, 3.8) is 0 Å². The van der Waals surface area contributed by atoms with E-state index < -0.39 is 0 Å². The molecule has 1 aromatic carbocycles. The molecule has 6 heteroatoms. The first kappa shape index (κ1) is 17.5. The average Bonchev–Trinajstić information content (AvgIpc) is 3.25. The van der Waals surface area contributed by atoms with Crippen LogP contribution >= 0.6 is 0 Å². The van der Waals surface area contributed by atoms with Crippen LogP contribution in [-0.2, 0) is 9.59 Å². The second-order valence-electron chi connectivity index (χ2n) is 7.80. The highest BCUT2D eigenvalue weighted by Crippen LogP contribution is 2.31. The highest BCUT2D eigenvalue weighted by Gasteiger charge is 2.34.